The van der Waals surface area contributed by atoms with E-state index in [0.29, 0.717) is 39.7 Å². The molecule has 2 aromatic carbocycles. The highest BCUT2D eigenvalue weighted by atomic mass is 19.1. The van der Waals surface area contributed by atoms with Crippen molar-refractivity contribution < 1.29 is 18.3 Å². The van der Waals surface area contributed by atoms with E-state index in [1.54, 1.807) is 41.8 Å². The number of carbonyl (C=O) groups excluding carboxylic acids is 1. The van der Waals surface area contributed by atoms with Crippen molar-refractivity contribution in [1.29, 1.82) is 0 Å². The molecular weight excluding hydrogens is 429 g/mol. The number of oxazole rings is 1. The Balaban J connectivity index is 1.27. The number of esters is 1. The fourth-order valence-electron chi connectivity index (χ4n) is 3.59. The maximum Gasteiger partial charge on any atom is 0.306 e. The van der Waals surface area contributed by atoms with Gasteiger partial charge in [-0.3, -0.25) is 18.6 Å². The minimum atomic E-state index is -0.456. The normalized spacial score (nSPS) is 11.3. The number of aromatic nitrogens is 5. The minimum Gasteiger partial charge on any atom is -0.457 e. The third-order valence-electron chi connectivity index (χ3n) is 5.28. The predicted molar refractivity (Wildman–Crippen MR) is 116 cm³/mol. The number of ether oxygens (including phenoxy) is 1. The fourth-order valence-corrected chi connectivity index (χ4v) is 3.59. The monoisotopic (exact) mass is 447 g/mol. The van der Waals surface area contributed by atoms with Gasteiger partial charge >= 0.3 is 5.97 Å². The van der Waals surface area contributed by atoms with Crippen molar-refractivity contribution in [2.75, 3.05) is 0 Å². The van der Waals surface area contributed by atoms with E-state index >= 15 is 0 Å². The van der Waals surface area contributed by atoms with E-state index in [4.69, 9.17) is 9.15 Å². The zero-order valence-electron chi connectivity index (χ0n) is 17.6. The average molecular weight is 447 g/mol. The standard InChI is InChI=1S/C23H18FN5O4/c1-28-22(31)16-4-2-3-5-17(16)29-19(26-27-23(28)29)13-32-21(30)11-10-20-25-12-18(33-20)14-6-8-15(24)9-7-14/h2-9,12H,10-11,13H2,1H3. The molecule has 166 valence electrons. The van der Waals surface area contributed by atoms with Crippen LogP contribution in [0.3, 0.4) is 0 Å². The van der Waals surface area contributed by atoms with Crippen LogP contribution < -0.4 is 5.56 Å². The van der Waals surface area contributed by atoms with Crippen molar-refractivity contribution in [3.8, 4) is 11.3 Å². The molecule has 0 bridgehead atoms. The second-order valence-corrected chi connectivity index (χ2v) is 7.42. The van der Waals surface area contributed by atoms with E-state index in [2.05, 4.69) is 15.2 Å². The lowest BCUT2D eigenvalue weighted by atomic mass is 10.2. The molecule has 0 atom stereocenters. The first-order valence-electron chi connectivity index (χ1n) is 10.2. The Hall–Kier alpha value is -4.34. The summed E-state index contributed by atoms with van der Waals surface area (Å²) in [6.07, 6.45) is 1.84. The molecule has 0 amide bonds. The number of aryl methyl sites for hydroxylation is 2. The molecule has 3 aromatic heterocycles. The third-order valence-corrected chi connectivity index (χ3v) is 5.28. The molecule has 0 fully saturated rings. The van der Waals surface area contributed by atoms with Gasteiger partial charge in [0, 0.05) is 19.0 Å². The van der Waals surface area contributed by atoms with Crippen LogP contribution in [0.15, 0.2) is 63.9 Å². The molecule has 5 rings (SSSR count). The summed E-state index contributed by atoms with van der Waals surface area (Å²) in [6, 6.07) is 13.0. The molecule has 0 N–H and O–H groups in total. The molecule has 10 heteroatoms. The molecule has 0 spiro atoms. The van der Waals surface area contributed by atoms with Gasteiger partial charge in [0.05, 0.1) is 23.5 Å². The minimum absolute atomic E-state index is 0.0549. The molecular formula is C23H18FN5O4. The lowest BCUT2D eigenvalue weighted by Crippen LogP contribution is -2.20. The van der Waals surface area contributed by atoms with Gasteiger partial charge in [-0.1, -0.05) is 12.1 Å². The Kier molecular flexibility index (Phi) is 5.17. The van der Waals surface area contributed by atoms with Crippen LogP contribution in [0, 0.1) is 5.82 Å². The van der Waals surface area contributed by atoms with Gasteiger partial charge in [0.1, 0.15) is 5.82 Å². The van der Waals surface area contributed by atoms with Crippen LogP contribution in [0.2, 0.25) is 0 Å². The second kappa shape index (κ2) is 8.30. The summed E-state index contributed by atoms with van der Waals surface area (Å²) in [6.45, 7) is -0.103. The van der Waals surface area contributed by atoms with Gasteiger partial charge in [0.15, 0.2) is 24.1 Å². The SMILES string of the molecule is Cn1c(=O)c2ccccc2n2c(COC(=O)CCc3ncc(-c4ccc(F)cc4)o3)nnc12. The van der Waals surface area contributed by atoms with Crippen LogP contribution in [-0.4, -0.2) is 30.1 Å². The topological polar surface area (TPSA) is 105 Å². The Morgan fingerprint density at radius 2 is 1.91 bits per heavy atom. The van der Waals surface area contributed by atoms with Crippen molar-refractivity contribution in [3.05, 3.63) is 82.6 Å². The Bertz CT molecular complexity index is 1530. The summed E-state index contributed by atoms with van der Waals surface area (Å²) in [5.74, 6) is 0.836. The molecule has 0 saturated carbocycles. The van der Waals surface area contributed by atoms with Gasteiger partial charge in [-0.15, -0.1) is 10.2 Å². The molecule has 0 aliphatic heterocycles. The van der Waals surface area contributed by atoms with Crippen LogP contribution in [0.5, 0.6) is 0 Å². The van der Waals surface area contributed by atoms with Gasteiger partial charge in [0.2, 0.25) is 5.78 Å². The number of halogens is 1. The summed E-state index contributed by atoms with van der Waals surface area (Å²) in [5, 5.41) is 8.69. The molecule has 0 aliphatic rings. The van der Waals surface area contributed by atoms with E-state index in [1.807, 2.05) is 6.07 Å². The lowest BCUT2D eigenvalue weighted by Gasteiger charge is -2.08. The molecule has 3 heterocycles. The number of para-hydroxylation sites is 1. The van der Waals surface area contributed by atoms with Gasteiger partial charge < -0.3 is 9.15 Å². The van der Waals surface area contributed by atoms with Crippen molar-refractivity contribution >= 4 is 22.6 Å². The van der Waals surface area contributed by atoms with Gasteiger partial charge in [-0.25, -0.2) is 9.37 Å². The number of fused-ring (bicyclic) bond motifs is 3. The molecule has 0 saturated heterocycles. The highest BCUT2D eigenvalue weighted by Gasteiger charge is 2.16. The Labute approximate surface area is 186 Å². The predicted octanol–water partition coefficient (Wildman–Crippen LogP) is 3.05. The lowest BCUT2D eigenvalue weighted by molar-refractivity contribution is -0.145. The highest BCUT2D eigenvalue weighted by Crippen LogP contribution is 2.21. The van der Waals surface area contributed by atoms with Crippen LogP contribution >= 0.6 is 0 Å². The highest BCUT2D eigenvalue weighted by molar-refractivity contribution is 5.80. The number of rotatable bonds is 6. The molecule has 0 unspecified atom stereocenters. The smallest absolute Gasteiger partial charge is 0.306 e. The van der Waals surface area contributed by atoms with Crippen LogP contribution in [0.25, 0.3) is 28.0 Å². The largest absolute Gasteiger partial charge is 0.457 e. The van der Waals surface area contributed by atoms with Crippen LogP contribution in [-0.2, 0) is 29.6 Å². The van der Waals surface area contributed by atoms with Gasteiger partial charge in [-0.05, 0) is 36.4 Å². The molecule has 0 aliphatic carbocycles. The number of nitrogens with zero attached hydrogens (tertiary/aromatic N) is 5. The first-order valence-corrected chi connectivity index (χ1v) is 10.2. The second-order valence-electron chi connectivity index (χ2n) is 7.42. The van der Waals surface area contributed by atoms with E-state index in [1.165, 1.54) is 22.9 Å². The third kappa shape index (κ3) is 3.86. The van der Waals surface area contributed by atoms with Crippen molar-refractivity contribution in [3.63, 3.8) is 0 Å². The number of hydrogen-bond donors (Lipinski definition) is 0. The van der Waals surface area contributed by atoms with Crippen molar-refractivity contribution in [1.82, 2.24) is 24.1 Å². The summed E-state index contributed by atoms with van der Waals surface area (Å²) in [4.78, 5) is 29.0. The average Bonchev–Trinajstić information content (AvgIpc) is 3.48. The van der Waals surface area contributed by atoms with Crippen molar-refractivity contribution in [2.24, 2.45) is 7.05 Å². The zero-order chi connectivity index (χ0) is 22.9. The molecule has 0 radical (unpaired) electrons. The maximum absolute atomic E-state index is 13.1. The number of benzene rings is 2. The van der Waals surface area contributed by atoms with E-state index in [9.17, 15) is 14.0 Å². The summed E-state index contributed by atoms with van der Waals surface area (Å²) in [5.41, 5.74) is 1.15. The number of carbonyl (C=O) groups is 1. The maximum atomic E-state index is 13.1. The summed E-state index contributed by atoms with van der Waals surface area (Å²) < 4.78 is 27.2. The van der Waals surface area contributed by atoms with E-state index in [0.717, 1.165) is 0 Å². The Morgan fingerprint density at radius 1 is 1.12 bits per heavy atom. The fraction of sp³-hybridized carbons (Fsp3) is 0.174. The zero-order valence-corrected chi connectivity index (χ0v) is 17.6. The van der Waals surface area contributed by atoms with Crippen LogP contribution in [0.1, 0.15) is 18.1 Å². The van der Waals surface area contributed by atoms with Gasteiger partial charge in [0.25, 0.3) is 5.56 Å². The van der Waals surface area contributed by atoms with E-state index < -0.39 is 5.97 Å². The van der Waals surface area contributed by atoms with E-state index in [-0.39, 0.29) is 30.8 Å². The first kappa shape index (κ1) is 20.6. The first-order chi connectivity index (χ1) is 16.0. The molecule has 5 aromatic rings. The molecule has 9 nitrogen and oxygen atoms in total. The summed E-state index contributed by atoms with van der Waals surface area (Å²) >= 11 is 0. The van der Waals surface area contributed by atoms with Crippen LogP contribution in [0.4, 0.5) is 4.39 Å². The Morgan fingerprint density at radius 3 is 2.73 bits per heavy atom. The number of hydrogen-bond acceptors (Lipinski definition) is 7. The quantitative estimate of drug-likeness (QED) is 0.369. The van der Waals surface area contributed by atoms with Crippen molar-refractivity contribution in [2.45, 2.75) is 19.4 Å². The molecule has 33 heavy (non-hydrogen) atoms. The summed E-state index contributed by atoms with van der Waals surface area (Å²) in [7, 11) is 1.62. The van der Waals surface area contributed by atoms with Gasteiger partial charge in [-0.2, -0.15) is 0 Å².